The van der Waals surface area contributed by atoms with Crippen LogP contribution in [0.2, 0.25) is 0 Å². The third-order valence-corrected chi connectivity index (χ3v) is 4.02. The molecule has 0 radical (unpaired) electrons. The number of rotatable bonds is 12. The normalized spacial score (nSPS) is 16.1. The molecule has 1 heterocycles. The summed E-state index contributed by atoms with van der Waals surface area (Å²) in [6, 6.07) is 0. The highest BCUT2D eigenvalue weighted by Crippen LogP contribution is 2.15. The van der Waals surface area contributed by atoms with E-state index in [9.17, 15) is 4.79 Å². The van der Waals surface area contributed by atoms with Crippen LogP contribution in [0.1, 0.15) is 51.9 Å². The molecule has 1 fully saturated rings. The van der Waals surface area contributed by atoms with E-state index >= 15 is 0 Å². The predicted octanol–water partition coefficient (Wildman–Crippen LogP) is 2.00. The first kappa shape index (κ1) is 17.4. The maximum Gasteiger partial charge on any atom is 0.225 e. The first-order chi connectivity index (χ1) is 9.77. The molecular formula is C16H33N3O. The molecule has 0 aromatic rings. The van der Waals surface area contributed by atoms with Gasteiger partial charge in [0.15, 0.2) is 0 Å². The van der Waals surface area contributed by atoms with Crippen molar-refractivity contribution in [3.05, 3.63) is 0 Å². The molecule has 1 rings (SSSR count). The van der Waals surface area contributed by atoms with Crippen LogP contribution in [0.3, 0.4) is 0 Å². The molecule has 0 unspecified atom stereocenters. The van der Waals surface area contributed by atoms with Crippen LogP contribution >= 0.6 is 0 Å². The van der Waals surface area contributed by atoms with Crippen molar-refractivity contribution in [1.29, 1.82) is 0 Å². The van der Waals surface area contributed by atoms with Crippen molar-refractivity contribution in [3.8, 4) is 0 Å². The molecule has 0 atom stereocenters. The van der Waals surface area contributed by atoms with E-state index in [4.69, 9.17) is 0 Å². The Hall–Kier alpha value is -0.610. The van der Waals surface area contributed by atoms with Crippen molar-refractivity contribution < 1.29 is 4.79 Å². The summed E-state index contributed by atoms with van der Waals surface area (Å²) < 4.78 is 0. The minimum Gasteiger partial charge on any atom is -0.356 e. The average Bonchev–Trinajstić information content (AvgIpc) is 2.40. The smallest absolute Gasteiger partial charge is 0.225 e. The predicted molar refractivity (Wildman–Crippen MR) is 84.9 cm³/mol. The van der Waals surface area contributed by atoms with Gasteiger partial charge >= 0.3 is 0 Å². The SMILES string of the molecule is CCCN1CC(C(=O)NCCCCCCCCNC)C1. The van der Waals surface area contributed by atoms with Gasteiger partial charge in [-0.25, -0.2) is 0 Å². The maximum atomic E-state index is 11.8. The van der Waals surface area contributed by atoms with Gasteiger partial charge in [0, 0.05) is 19.6 Å². The molecule has 0 aromatic carbocycles. The van der Waals surface area contributed by atoms with Crippen LogP contribution < -0.4 is 10.6 Å². The molecule has 4 nitrogen and oxygen atoms in total. The highest BCUT2D eigenvalue weighted by molar-refractivity contribution is 5.79. The lowest BCUT2D eigenvalue weighted by Crippen LogP contribution is -2.53. The van der Waals surface area contributed by atoms with Crippen LogP contribution in [-0.2, 0) is 4.79 Å². The zero-order valence-corrected chi connectivity index (χ0v) is 13.4. The second kappa shape index (κ2) is 11.1. The van der Waals surface area contributed by atoms with Gasteiger partial charge in [0.05, 0.1) is 5.92 Å². The third-order valence-electron chi connectivity index (χ3n) is 4.02. The molecule has 1 amide bonds. The van der Waals surface area contributed by atoms with Crippen molar-refractivity contribution >= 4 is 5.91 Å². The van der Waals surface area contributed by atoms with Crippen molar-refractivity contribution in [2.45, 2.75) is 51.9 Å². The molecular weight excluding hydrogens is 250 g/mol. The minimum absolute atomic E-state index is 0.253. The summed E-state index contributed by atoms with van der Waals surface area (Å²) in [4.78, 5) is 14.2. The molecule has 2 N–H and O–H groups in total. The molecule has 1 saturated heterocycles. The van der Waals surface area contributed by atoms with E-state index in [2.05, 4.69) is 22.5 Å². The number of nitrogens with zero attached hydrogens (tertiary/aromatic N) is 1. The molecule has 1 aliphatic rings. The minimum atomic E-state index is 0.253. The summed E-state index contributed by atoms with van der Waals surface area (Å²) >= 11 is 0. The van der Waals surface area contributed by atoms with Crippen LogP contribution in [0.5, 0.6) is 0 Å². The zero-order chi connectivity index (χ0) is 14.6. The molecule has 0 aliphatic carbocycles. The maximum absolute atomic E-state index is 11.8. The number of unbranched alkanes of at least 4 members (excludes halogenated alkanes) is 5. The molecule has 1 aliphatic heterocycles. The topological polar surface area (TPSA) is 44.4 Å². The molecule has 20 heavy (non-hydrogen) atoms. The van der Waals surface area contributed by atoms with Crippen molar-refractivity contribution in [1.82, 2.24) is 15.5 Å². The third kappa shape index (κ3) is 7.25. The van der Waals surface area contributed by atoms with Crippen LogP contribution in [0, 0.1) is 5.92 Å². The van der Waals surface area contributed by atoms with Gasteiger partial charge in [-0.2, -0.15) is 0 Å². The van der Waals surface area contributed by atoms with E-state index in [1.807, 2.05) is 7.05 Å². The molecule has 118 valence electrons. The number of carbonyl (C=O) groups is 1. The van der Waals surface area contributed by atoms with Gasteiger partial charge in [0.25, 0.3) is 0 Å². The summed E-state index contributed by atoms with van der Waals surface area (Å²) in [5, 5.41) is 6.26. The number of hydrogen-bond acceptors (Lipinski definition) is 3. The summed E-state index contributed by atoms with van der Waals surface area (Å²) in [5.41, 5.74) is 0. The van der Waals surface area contributed by atoms with Crippen LogP contribution in [0.25, 0.3) is 0 Å². The van der Waals surface area contributed by atoms with Crippen molar-refractivity contribution in [2.75, 3.05) is 39.8 Å². The van der Waals surface area contributed by atoms with E-state index in [1.165, 1.54) is 38.5 Å². The Kier molecular flexibility index (Phi) is 9.67. The second-order valence-corrected chi connectivity index (χ2v) is 5.97. The Morgan fingerprint density at radius 3 is 2.25 bits per heavy atom. The highest BCUT2D eigenvalue weighted by Gasteiger charge is 2.31. The Balaban J connectivity index is 1.83. The number of hydrogen-bond donors (Lipinski definition) is 2. The summed E-state index contributed by atoms with van der Waals surface area (Å²) in [7, 11) is 2.01. The largest absolute Gasteiger partial charge is 0.356 e. The molecule has 0 spiro atoms. The van der Waals surface area contributed by atoms with Crippen LogP contribution in [0.15, 0.2) is 0 Å². The lowest BCUT2D eigenvalue weighted by Gasteiger charge is -2.38. The zero-order valence-electron chi connectivity index (χ0n) is 13.4. The Morgan fingerprint density at radius 1 is 1.05 bits per heavy atom. The fraction of sp³-hybridized carbons (Fsp3) is 0.938. The van der Waals surface area contributed by atoms with Gasteiger partial charge in [-0.15, -0.1) is 0 Å². The summed E-state index contributed by atoms with van der Waals surface area (Å²) in [5.74, 6) is 0.523. The molecule has 0 aromatic heterocycles. The van der Waals surface area contributed by atoms with Crippen LogP contribution in [0.4, 0.5) is 0 Å². The molecule has 0 bridgehead atoms. The second-order valence-electron chi connectivity index (χ2n) is 5.97. The first-order valence-corrected chi connectivity index (χ1v) is 8.42. The van der Waals surface area contributed by atoms with Gasteiger partial charge in [0.1, 0.15) is 0 Å². The fourth-order valence-electron chi connectivity index (χ4n) is 2.72. The molecule has 0 saturated carbocycles. The molecule has 4 heteroatoms. The monoisotopic (exact) mass is 283 g/mol. The number of nitrogens with one attached hydrogen (secondary N) is 2. The lowest BCUT2D eigenvalue weighted by atomic mass is 9.99. The average molecular weight is 283 g/mol. The summed E-state index contributed by atoms with van der Waals surface area (Å²) in [6.07, 6.45) is 8.78. The van der Waals surface area contributed by atoms with E-state index in [0.29, 0.717) is 0 Å². The van der Waals surface area contributed by atoms with E-state index in [1.54, 1.807) is 0 Å². The Morgan fingerprint density at radius 2 is 1.65 bits per heavy atom. The number of amides is 1. The van der Waals surface area contributed by atoms with Crippen molar-refractivity contribution in [2.24, 2.45) is 5.92 Å². The Labute approximate surface area is 124 Å². The van der Waals surface area contributed by atoms with E-state index in [-0.39, 0.29) is 11.8 Å². The van der Waals surface area contributed by atoms with E-state index in [0.717, 1.165) is 39.1 Å². The van der Waals surface area contributed by atoms with Gasteiger partial charge in [0.2, 0.25) is 5.91 Å². The number of likely N-dealkylation sites (tertiary alicyclic amines) is 1. The first-order valence-electron chi connectivity index (χ1n) is 8.42. The van der Waals surface area contributed by atoms with Crippen LogP contribution in [-0.4, -0.2) is 50.6 Å². The standard InChI is InChI=1S/C16H33N3O/c1-3-12-19-13-15(14-19)16(20)18-11-9-7-5-4-6-8-10-17-2/h15,17H,3-14H2,1-2H3,(H,18,20). The van der Waals surface area contributed by atoms with Gasteiger partial charge < -0.3 is 15.5 Å². The fourth-order valence-corrected chi connectivity index (χ4v) is 2.72. The number of carbonyl (C=O) groups excluding carboxylic acids is 1. The van der Waals surface area contributed by atoms with Gasteiger partial charge in [-0.1, -0.05) is 32.6 Å². The Bertz CT molecular complexity index is 252. The highest BCUT2D eigenvalue weighted by atomic mass is 16.2. The van der Waals surface area contributed by atoms with E-state index < -0.39 is 0 Å². The lowest BCUT2D eigenvalue weighted by molar-refractivity contribution is -0.130. The van der Waals surface area contributed by atoms with Crippen molar-refractivity contribution in [3.63, 3.8) is 0 Å². The summed E-state index contributed by atoms with van der Waals surface area (Å²) in [6.45, 7) is 7.24. The van der Waals surface area contributed by atoms with Gasteiger partial charge in [-0.3, -0.25) is 4.79 Å². The quantitative estimate of drug-likeness (QED) is 0.539. The van der Waals surface area contributed by atoms with Gasteiger partial charge in [-0.05, 0) is 39.4 Å².